The van der Waals surface area contributed by atoms with Crippen LogP contribution in [0.25, 0.3) is 16.9 Å². The molecule has 2 aromatic heterocycles. The molecule has 9 heteroatoms. The van der Waals surface area contributed by atoms with Gasteiger partial charge in [0.15, 0.2) is 11.4 Å². The molecule has 0 saturated carbocycles. The Bertz CT molecular complexity index is 1240. The average Bonchev–Trinajstić information content (AvgIpc) is 3.20. The molecule has 2 aromatic carbocycles. The number of fused-ring (bicyclic) bond motifs is 1. The fourth-order valence-corrected chi connectivity index (χ4v) is 3.58. The first-order valence-corrected chi connectivity index (χ1v) is 10.4. The van der Waals surface area contributed by atoms with Gasteiger partial charge in [-0.05, 0) is 67.6 Å². The van der Waals surface area contributed by atoms with Crippen LogP contribution in [0.3, 0.4) is 0 Å². The molecule has 0 fully saturated rings. The number of rotatable bonds is 7. The number of hydrogen-bond donors (Lipinski definition) is 1. The highest BCUT2D eigenvalue weighted by Gasteiger charge is 2.12. The summed E-state index contributed by atoms with van der Waals surface area (Å²) in [6.45, 7) is 1.50. The van der Waals surface area contributed by atoms with Crippen LogP contribution in [0.5, 0.6) is 5.75 Å². The zero-order chi connectivity index (χ0) is 21.8. The summed E-state index contributed by atoms with van der Waals surface area (Å²) in [5, 5.41) is 16.2. The zero-order valence-electron chi connectivity index (χ0n) is 16.9. The van der Waals surface area contributed by atoms with Crippen molar-refractivity contribution in [3.8, 4) is 17.0 Å². The number of nitrogens with one attached hydrogen (secondary N) is 1. The van der Waals surface area contributed by atoms with E-state index in [0.717, 1.165) is 17.0 Å². The van der Waals surface area contributed by atoms with Gasteiger partial charge in [-0.25, -0.2) is 0 Å². The molecule has 0 radical (unpaired) electrons. The number of hydrogen-bond acceptors (Lipinski definition) is 7. The molecule has 156 valence electrons. The predicted octanol–water partition coefficient (Wildman–Crippen LogP) is 3.73. The van der Waals surface area contributed by atoms with Crippen molar-refractivity contribution in [3.63, 3.8) is 0 Å². The van der Waals surface area contributed by atoms with Gasteiger partial charge in [-0.1, -0.05) is 11.8 Å². The second kappa shape index (κ2) is 8.97. The third-order valence-corrected chi connectivity index (χ3v) is 5.45. The van der Waals surface area contributed by atoms with E-state index in [1.165, 1.54) is 18.7 Å². The van der Waals surface area contributed by atoms with Gasteiger partial charge < -0.3 is 10.1 Å². The monoisotopic (exact) mass is 433 g/mol. The molecule has 31 heavy (non-hydrogen) atoms. The summed E-state index contributed by atoms with van der Waals surface area (Å²) in [5.74, 6) is 0.702. The van der Waals surface area contributed by atoms with Gasteiger partial charge in [0.05, 0.1) is 18.6 Å². The molecule has 1 amide bonds. The Hall–Kier alpha value is -3.72. The number of nitrogens with zero attached hydrogens (tertiary/aromatic N) is 4. The number of anilines is 1. The number of aromatic nitrogens is 4. The summed E-state index contributed by atoms with van der Waals surface area (Å²) in [4.78, 5) is 23.7. The van der Waals surface area contributed by atoms with Crippen LogP contribution in [0.2, 0.25) is 0 Å². The highest BCUT2D eigenvalue weighted by atomic mass is 32.2. The summed E-state index contributed by atoms with van der Waals surface area (Å²) in [5.41, 5.74) is 3.51. The molecule has 0 saturated heterocycles. The molecule has 0 aliphatic rings. The molecule has 0 bridgehead atoms. The normalized spacial score (nSPS) is 10.8. The van der Waals surface area contributed by atoms with Crippen molar-refractivity contribution >= 4 is 34.8 Å². The van der Waals surface area contributed by atoms with Crippen LogP contribution in [-0.4, -0.2) is 44.4 Å². The fourth-order valence-electron chi connectivity index (χ4n) is 2.89. The summed E-state index contributed by atoms with van der Waals surface area (Å²) < 4.78 is 6.82. The quantitative estimate of drug-likeness (QED) is 0.350. The number of carbonyl (C=O) groups is 2. The molecular weight excluding hydrogens is 414 g/mol. The highest BCUT2D eigenvalue weighted by molar-refractivity contribution is 7.99. The molecule has 2 heterocycles. The number of benzene rings is 2. The first kappa shape index (κ1) is 20.5. The minimum atomic E-state index is -0.191. The van der Waals surface area contributed by atoms with E-state index in [-0.39, 0.29) is 17.4 Å². The number of ketones is 1. The number of ether oxygens (including phenoxy) is 1. The Morgan fingerprint density at radius 2 is 1.74 bits per heavy atom. The third-order valence-electron chi connectivity index (χ3n) is 4.53. The first-order valence-electron chi connectivity index (χ1n) is 9.44. The lowest BCUT2D eigenvalue weighted by Crippen LogP contribution is -2.14. The van der Waals surface area contributed by atoms with Crippen LogP contribution >= 0.6 is 11.8 Å². The largest absolute Gasteiger partial charge is 0.497 e. The first-order chi connectivity index (χ1) is 15.0. The molecule has 8 nitrogen and oxygen atoms in total. The standard InChI is InChI=1S/C22H19N5O3S/c1-14(28)15-3-7-17(8-4-15)23-21(29)13-31-22-25-24-20-12-11-19(26-27(20)22)16-5-9-18(30-2)10-6-16/h3-12H,13H2,1-2H3,(H,23,29). The van der Waals surface area contributed by atoms with E-state index in [1.54, 1.807) is 35.9 Å². The molecule has 0 aliphatic carbocycles. The fraction of sp³-hybridized carbons (Fsp3) is 0.136. The maximum atomic E-state index is 12.3. The van der Waals surface area contributed by atoms with Crippen LogP contribution in [0.1, 0.15) is 17.3 Å². The summed E-state index contributed by atoms with van der Waals surface area (Å²) in [6.07, 6.45) is 0. The van der Waals surface area contributed by atoms with Gasteiger partial charge in [0.25, 0.3) is 0 Å². The van der Waals surface area contributed by atoms with Gasteiger partial charge >= 0.3 is 0 Å². The molecule has 0 unspecified atom stereocenters. The van der Waals surface area contributed by atoms with Crippen molar-refractivity contribution in [1.29, 1.82) is 0 Å². The summed E-state index contributed by atoms with van der Waals surface area (Å²) in [6, 6.07) is 18.1. The zero-order valence-corrected chi connectivity index (χ0v) is 17.7. The maximum absolute atomic E-state index is 12.3. The summed E-state index contributed by atoms with van der Waals surface area (Å²) >= 11 is 1.24. The van der Waals surface area contributed by atoms with Crippen molar-refractivity contribution < 1.29 is 14.3 Å². The lowest BCUT2D eigenvalue weighted by atomic mass is 10.1. The lowest BCUT2D eigenvalue weighted by molar-refractivity contribution is -0.113. The Labute approximate surface area is 182 Å². The topological polar surface area (TPSA) is 98.5 Å². The molecule has 1 N–H and O–H groups in total. The predicted molar refractivity (Wildman–Crippen MR) is 119 cm³/mol. The molecule has 4 aromatic rings. The van der Waals surface area contributed by atoms with E-state index in [9.17, 15) is 9.59 Å². The molecule has 0 spiro atoms. The number of amides is 1. The lowest BCUT2D eigenvalue weighted by Gasteiger charge is -2.06. The maximum Gasteiger partial charge on any atom is 0.234 e. The van der Waals surface area contributed by atoms with Crippen molar-refractivity contribution in [1.82, 2.24) is 19.8 Å². The number of thioether (sulfide) groups is 1. The van der Waals surface area contributed by atoms with E-state index in [4.69, 9.17) is 4.74 Å². The van der Waals surface area contributed by atoms with Crippen LogP contribution in [0.4, 0.5) is 5.69 Å². The Kier molecular flexibility index (Phi) is 5.94. The van der Waals surface area contributed by atoms with E-state index in [1.807, 2.05) is 36.4 Å². The van der Waals surface area contributed by atoms with Crippen molar-refractivity contribution in [2.24, 2.45) is 0 Å². The van der Waals surface area contributed by atoms with Gasteiger partial charge in [0.2, 0.25) is 11.1 Å². The van der Waals surface area contributed by atoms with Gasteiger partial charge in [-0.15, -0.1) is 10.2 Å². The van der Waals surface area contributed by atoms with E-state index < -0.39 is 0 Å². The molecule has 0 aliphatic heterocycles. The average molecular weight is 433 g/mol. The van der Waals surface area contributed by atoms with Crippen molar-refractivity contribution in [2.75, 3.05) is 18.2 Å². The number of methoxy groups -OCH3 is 1. The second-order valence-corrected chi connectivity index (χ2v) is 7.61. The van der Waals surface area contributed by atoms with Crippen LogP contribution in [0, 0.1) is 0 Å². The smallest absolute Gasteiger partial charge is 0.234 e. The minimum absolute atomic E-state index is 0.0198. The van der Waals surface area contributed by atoms with Crippen molar-refractivity contribution in [2.45, 2.75) is 12.1 Å². The van der Waals surface area contributed by atoms with Gasteiger partial charge in [-0.3, -0.25) is 9.59 Å². The van der Waals surface area contributed by atoms with Gasteiger partial charge in [0, 0.05) is 16.8 Å². The second-order valence-electron chi connectivity index (χ2n) is 6.67. The molecule has 4 rings (SSSR count). The Morgan fingerprint density at radius 1 is 1.00 bits per heavy atom. The van der Waals surface area contributed by atoms with Crippen molar-refractivity contribution in [3.05, 3.63) is 66.2 Å². The Morgan fingerprint density at radius 3 is 2.42 bits per heavy atom. The number of carbonyl (C=O) groups excluding carboxylic acids is 2. The van der Waals surface area contributed by atoms with Gasteiger partial charge in [0.1, 0.15) is 5.75 Å². The van der Waals surface area contributed by atoms with E-state index >= 15 is 0 Å². The minimum Gasteiger partial charge on any atom is -0.497 e. The molecule has 0 atom stereocenters. The van der Waals surface area contributed by atoms with Gasteiger partial charge in [-0.2, -0.15) is 9.61 Å². The summed E-state index contributed by atoms with van der Waals surface area (Å²) in [7, 11) is 1.62. The van der Waals surface area contributed by atoms with E-state index in [0.29, 0.717) is 22.1 Å². The highest BCUT2D eigenvalue weighted by Crippen LogP contribution is 2.23. The molecular formula is C22H19N5O3S. The van der Waals surface area contributed by atoms with Crippen LogP contribution in [-0.2, 0) is 4.79 Å². The van der Waals surface area contributed by atoms with E-state index in [2.05, 4.69) is 20.6 Å². The van der Waals surface area contributed by atoms with Crippen LogP contribution < -0.4 is 10.1 Å². The van der Waals surface area contributed by atoms with Crippen LogP contribution in [0.15, 0.2) is 65.8 Å². The SMILES string of the molecule is COc1ccc(-c2ccc3nnc(SCC(=O)Nc4ccc(C(C)=O)cc4)n3n2)cc1. The Balaban J connectivity index is 1.45. The number of Topliss-reactive ketones (excluding diaryl/α,β-unsaturated/α-hetero) is 1. The third kappa shape index (κ3) is 4.72.